The number of benzene rings is 3. The predicted octanol–water partition coefficient (Wildman–Crippen LogP) is 7.34. The van der Waals surface area contributed by atoms with Crippen LogP contribution in [0.5, 0.6) is 11.5 Å². The van der Waals surface area contributed by atoms with Gasteiger partial charge in [-0.25, -0.2) is 9.67 Å². The van der Waals surface area contributed by atoms with E-state index in [1.54, 1.807) is 7.11 Å². The number of ether oxygens (including phenoxy) is 2. The van der Waals surface area contributed by atoms with Crippen LogP contribution in [-0.4, -0.2) is 51.0 Å². The smallest absolute Gasteiger partial charge is 0.497 e. The van der Waals surface area contributed by atoms with Crippen LogP contribution in [0, 0.1) is 0 Å². The molecule has 46 heavy (non-hydrogen) atoms. The number of anilines is 1. The van der Waals surface area contributed by atoms with E-state index in [-0.39, 0.29) is 35.7 Å². The molecule has 0 aliphatic carbocycles. The number of aryl methyl sites for hydroxylation is 1. The average Bonchev–Trinajstić information content (AvgIpc) is 3.66. The lowest BCUT2D eigenvalue weighted by molar-refractivity contribution is -0.274. The van der Waals surface area contributed by atoms with Gasteiger partial charge < -0.3 is 9.47 Å². The summed E-state index contributed by atoms with van der Waals surface area (Å²) in [6, 6.07) is 18.7. The summed E-state index contributed by atoms with van der Waals surface area (Å²) in [4.78, 5) is 35.8. The van der Waals surface area contributed by atoms with Crippen LogP contribution in [0.1, 0.15) is 50.2 Å². The van der Waals surface area contributed by atoms with Gasteiger partial charge in [0.2, 0.25) is 11.8 Å². The van der Waals surface area contributed by atoms with Crippen molar-refractivity contribution in [3.05, 3.63) is 84.2 Å². The van der Waals surface area contributed by atoms with Gasteiger partial charge in [0.1, 0.15) is 17.8 Å². The SMILES string of the molecule is COc1ccc(C(C)C)c(N2C(=O)CSC2=NC(=O)CCCCc2ccc(-c3ncn(-c4ccc(OC(F)(F)F)cc4)n3)cc2)c1. The van der Waals surface area contributed by atoms with Crippen molar-refractivity contribution in [2.24, 2.45) is 4.99 Å². The molecule has 3 aromatic carbocycles. The number of carbonyl (C=O) groups is 2. The third-order valence-corrected chi connectivity index (χ3v) is 8.15. The van der Waals surface area contributed by atoms with E-state index in [4.69, 9.17) is 4.74 Å². The van der Waals surface area contributed by atoms with Gasteiger partial charge in [-0.05, 0) is 66.6 Å². The normalized spacial score (nSPS) is 14.4. The predicted molar refractivity (Wildman–Crippen MR) is 171 cm³/mol. The van der Waals surface area contributed by atoms with Gasteiger partial charge in [-0.3, -0.25) is 14.5 Å². The molecule has 0 unspecified atom stereocenters. The molecule has 0 saturated carbocycles. The van der Waals surface area contributed by atoms with Crippen LogP contribution in [0.25, 0.3) is 17.1 Å². The Morgan fingerprint density at radius 2 is 1.74 bits per heavy atom. The van der Waals surface area contributed by atoms with Crippen LogP contribution in [0.15, 0.2) is 78.0 Å². The van der Waals surface area contributed by atoms with Crippen molar-refractivity contribution in [2.75, 3.05) is 17.8 Å². The average molecular weight is 652 g/mol. The Kier molecular flexibility index (Phi) is 10.1. The fourth-order valence-electron chi connectivity index (χ4n) is 4.92. The zero-order valence-corrected chi connectivity index (χ0v) is 26.3. The van der Waals surface area contributed by atoms with Crippen molar-refractivity contribution in [3.63, 3.8) is 0 Å². The number of carbonyl (C=O) groups excluding carboxylic acids is 2. The van der Waals surface area contributed by atoms with Crippen LogP contribution < -0.4 is 14.4 Å². The van der Waals surface area contributed by atoms with Crippen molar-refractivity contribution in [2.45, 2.75) is 51.8 Å². The molecule has 2 amide bonds. The minimum absolute atomic E-state index is 0.120. The van der Waals surface area contributed by atoms with Gasteiger partial charge >= 0.3 is 6.36 Å². The van der Waals surface area contributed by atoms with Crippen LogP contribution >= 0.6 is 11.8 Å². The zero-order chi connectivity index (χ0) is 32.8. The second-order valence-electron chi connectivity index (χ2n) is 10.8. The first-order valence-electron chi connectivity index (χ1n) is 14.6. The van der Waals surface area contributed by atoms with E-state index in [0.717, 1.165) is 29.5 Å². The minimum atomic E-state index is -4.75. The first kappa shape index (κ1) is 32.7. The zero-order valence-electron chi connectivity index (χ0n) is 25.5. The van der Waals surface area contributed by atoms with Gasteiger partial charge in [0.15, 0.2) is 11.0 Å². The van der Waals surface area contributed by atoms with E-state index in [1.165, 1.54) is 51.9 Å². The monoisotopic (exact) mass is 651 g/mol. The van der Waals surface area contributed by atoms with E-state index in [0.29, 0.717) is 34.5 Å². The lowest BCUT2D eigenvalue weighted by Gasteiger charge is -2.22. The summed E-state index contributed by atoms with van der Waals surface area (Å²) in [5.74, 6) is 0.780. The number of aliphatic imine (C=N–C) groups is 1. The number of nitrogens with zero attached hydrogens (tertiary/aromatic N) is 5. The number of thioether (sulfide) groups is 1. The highest BCUT2D eigenvalue weighted by Gasteiger charge is 2.33. The summed E-state index contributed by atoms with van der Waals surface area (Å²) in [6.07, 6.45) is -0.812. The number of aromatic nitrogens is 3. The Hall–Kier alpha value is -4.65. The number of amides is 2. The summed E-state index contributed by atoms with van der Waals surface area (Å²) < 4.78 is 48.0. The minimum Gasteiger partial charge on any atom is -0.497 e. The molecule has 0 atom stereocenters. The molecule has 0 bridgehead atoms. The number of rotatable bonds is 11. The maximum Gasteiger partial charge on any atom is 0.573 e. The van der Waals surface area contributed by atoms with Gasteiger partial charge in [-0.2, -0.15) is 4.99 Å². The molecule has 1 aliphatic heterocycles. The van der Waals surface area contributed by atoms with Gasteiger partial charge in [0.25, 0.3) is 0 Å². The maximum atomic E-state index is 12.8. The third-order valence-electron chi connectivity index (χ3n) is 7.23. The molecular weight excluding hydrogens is 619 g/mol. The highest BCUT2D eigenvalue weighted by molar-refractivity contribution is 8.15. The van der Waals surface area contributed by atoms with Crippen LogP contribution in [-0.2, 0) is 16.0 Å². The maximum absolute atomic E-state index is 12.8. The second-order valence-corrected chi connectivity index (χ2v) is 11.8. The molecule has 13 heteroatoms. The van der Waals surface area contributed by atoms with Gasteiger partial charge in [-0.15, -0.1) is 18.3 Å². The molecular formula is C33H32F3N5O4S. The van der Waals surface area contributed by atoms with E-state index in [2.05, 4.69) is 19.8 Å². The largest absolute Gasteiger partial charge is 0.573 e. The lowest BCUT2D eigenvalue weighted by atomic mass is 10.00. The lowest BCUT2D eigenvalue weighted by Crippen LogP contribution is -2.31. The highest BCUT2D eigenvalue weighted by Crippen LogP contribution is 2.36. The number of methoxy groups -OCH3 is 1. The molecule has 5 rings (SSSR count). The molecule has 1 saturated heterocycles. The van der Waals surface area contributed by atoms with Crippen molar-refractivity contribution in [3.8, 4) is 28.6 Å². The van der Waals surface area contributed by atoms with Gasteiger partial charge in [0, 0.05) is 18.1 Å². The van der Waals surface area contributed by atoms with Crippen molar-refractivity contribution >= 4 is 34.4 Å². The Labute approximate surface area is 268 Å². The van der Waals surface area contributed by atoms with E-state index in [9.17, 15) is 22.8 Å². The molecule has 9 nitrogen and oxygen atoms in total. The fourth-order valence-corrected chi connectivity index (χ4v) is 5.80. The van der Waals surface area contributed by atoms with E-state index in [1.807, 2.05) is 56.3 Å². The molecule has 1 fully saturated rings. The molecule has 0 spiro atoms. The standard InChI is InChI=1S/C33H32F3N5O4S/c1-21(2)27-17-16-26(44-3)18-28(27)41-30(43)19-46-32(41)38-29(42)7-5-4-6-22-8-10-23(11-9-22)31-37-20-40(39-31)24-12-14-25(15-13-24)45-33(34,35)36/h8-18,20-21H,4-7,19H2,1-3H3. The Morgan fingerprint density at radius 3 is 2.41 bits per heavy atom. The molecule has 0 N–H and O–H groups in total. The molecule has 1 aliphatic rings. The van der Waals surface area contributed by atoms with E-state index < -0.39 is 6.36 Å². The van der Waals surface area contributed by atoms with Crippen LogP contribution in [0.4, 0.5) is 18.9 Å². The third kappa shape index (κ3) is 8.13. The quantitative estimate of drug-likeness (QED) is 0.157. The molecule has 1 aromatic heterocycles. The topological polar surface area (TPSA) is 98.9 Å². The first-order valence-corrected chi connectivity index (χ1v) is 15.6. The van der Waals surface area contributed by atoms with Crippen LogP contribution in [0.2, 0.25) is 0 Å². The number of alkyl halides is 3. The van der Waals surface area contributed by atoms with Crippen molar-refractivity contribution in [1.29, 1.82) is 0 Å². The van der Waals surface area contributed by atoms with Gasteiger partial charge in [-0.1, -0.05) is 55.9 Å². The van der Waals surface area contributed by atoms with E-state index >= 15 is 0 Å². The number of hydrogen-bond donors (Lipinski definition) is 0. The Morgan fingerprint density at radius 1 is 1.02 bits per heavy atom. The molecule has 240 valence electrons. The number of amidine groups is 1. The number of halogens is 3. The molecule has 2 heterocycles. The molecule has 0 radical (unpaired) electrons. The summed E-state index contributed by atoms with van der Waals surface area (Å²) in [5, 5.41) is 4.83. The Bertz CT molecular complexity index is 1720. The van der Waals surface area contributed by atoms with Crippen molar-refractivity contribution < 1.29 is 32.2 Å². The summed E-state index contributed by atoms with van der Waals surface area (Å²) >= 11 is 1.26. The van der Waals surface area contributed by atoms with Gasteiger partial charge in [0.05, 0.1) is 24.2 Å². The molecule has 4 aromatic rings. The number of unbranched alkanes of at least 4 members (excludes halogenated alkanes) is 1. The summed E-state index contributed by atoms with van der Waals surface area (Å²) in [6.45, 7) is 4.09. The van der Waals surface area contributed by atoms with Crippen molar-refractivity contribution in [1.82, 2.24) is 14.8 Å². The second kappa shape index (κ2) is 14.2. The summed E-state index contributed by atoms with van der Waals surface area (Å²) in [5.41, 5.74) is 4.07. The fraction of sp³-hybridized carbons (Fsp3) is 0.303. The first-order chi connectivity index (χ1) is 22.0. The Balaban J connectivity index is 1.14. The number of hydrogen-bond acceptors (Lipinski definition) is 7. The van der Waals surface area contributed by atoms with Crippen LogP contribution in [0.3, 0.4) is 0 Å². The highest BCUT2D eigenvalue weighted by atomic mass is 32.2. The summed E-state index contributed by atoms with van der Waals surface area (Å²) in [7, 11) is 1.57.